The van der Waals surface area contributed by atoms with Gasteiger partial charge in [0.2, 0.25) is 0 Å². The minimum atomic E-state index is -0.339. The Balaban J connectivity index is 1.74. The number of benzene rings is 1. The first-order chi connectivity index (χ1) is 12.6. The molecule has 1 aromatic carbocycles. The number of furan rings is 1. The van der Waals surface area contributed by atoms with Gasteiger partial charge in [0.05, 0.1) is 12.4 Å². The van der Waals surface area contributed by atoms with Crippen molar-refractivity contribution in [3.8, 4) is 0 Å². The molecule has 138 valence electrons. The van der Waals surface area contributed by atoms with Gasteiger partial charge >= 0.3 is 0 Å². The molecule has 2 amide bonds. The highest BCUT2D eigenvalue weighted by atomic mass is 16.5. The summed E-state index contributed by atoms with van der Waals surface area (Å²) in [7, 11) is 0. The number of nitrogens with zero attached hydrogens (tertiary/aromatic N) is 1. The van der Waals surface area contributed by atoms with Crippen LogP contribution in [0.15, 0.2) is 41.0 Å². The Bertz CT molecular complexity index is 764. The number of carbonyl (C=O) groups is 2. The standard InChI is InChI=1S/C20H24N2O4/c1-3-22(13-16-6-4-10-25-16)20(24)15-9-8-14(2)17(12-15)21-19(23)18-7-5-11-26-18/h5,7-9,11-12,16H,3-4,6,10,13H2,1-2H3,(H,21,23)/t16-/m1/s1. The van der Waals surface area contributed by atoms with Crippen molar-refractivity contribution in [2.45, 2.75) is 32.8 Å². The van der Waals surface area contributed by atoms with Crippen molar-refractivity contribution >= 4 is 17.5 Å². The number of hydrogen-bond acceptors (Lipinski definition) is 4. The molecule has 1 N–H and O–H groups in total. The van der Waals surface area contributed by atoms with Crippen LogP contribution in [-0.2, 0) is 4.74 Å². The molecule has 1 aromatic heterocycles. The fourth-order valence-corrected chi connectivity index (χ4v) is 3.05. The molecular formula is C20H24N2O4. The van der Waals surface area contributed by atoms with Gasteiger partial charge in [0.25, 0.3) is 11.8 Å². The Hall–Kier alpha value is -2.60. The molecule has 26 heavy (non-hydrogen) atoms. The van der Waals surface area contributed by atoms with Crippen LogP contribution < -0.4 is 5.32 Å². The smallest absolute Gasteiger partial charge is 0.291 e. The van der Waals surface area contributed by atoms with E-state index in [2.05, 4.69) is 5.32 Å². The number of aryl methyl sites for hydroxylation is 1. The van der Waals surface area contributed by atoms with E-state index in [1.54, 1.807) is 29.2 Å². The first-order valence-corrected chi connectivity index (χ1v) is 8.95. The summed E-state index contributed by atoms with van der Waals surface area (Å²) in [5, 5.41) is 2.81. The summed E-state index contributed by atoms with van der Waals surface area (Å²) in [6, 6.07) is 8.60. The molecule has 0 bridgehead atoms. The van der Waals surface area contributed by atoms with E-state index >= 15 is 0 Å². The lowest BCUT2D eigenvalue weighted by atomic mass is 10.1. The van der Waals surface area contributed by atoms with Crippen LogP contribution in [0.2, 0.25) is 0 Å². The number of hydrogen-bond donors (Lipinski definition) is 1. The minimum Gasteiger partial charge on any atom is -0.459 e. The van der Waals surface area contributed by atoms with Gasteiger partial charge in [-0.1, -0.05) is 6.07 Å². The highest BCUT2D eigenvalue weighted by Gasteiger charge is 2.23. The molecule has 1 fully saturated rings. The SMILES string of the molecule is CCN(C[C@H]1CCCO1)C(=O)c1ccc(C)c(NC(=O)c2ccco2)c1. The molecule has 3 rings (SSSR count). The van der Waals surface area contributed by atoms with E-state index in [1.165, 1.54) is 6.26 Å². The second kappa shape index (κ2) is 8.19. The van der Waals surface area contributed by atoms with Gasteiger partial charge in [-0.15, -0.1) is 0 Å². The number of likely N-dealkylation sites (N-methyl/N-ethyl adjacent to an activating group) is 1. The zero-order chi connectivity index (χ0) is 18.5. The maximum absolute atomic E-state index is 12.9. The number of nitrogens with one attached hydrogen (secondary N) is 1. The van der Waals surface area contributed by atoms with Crippen molar-refractivity contribution in [3.05, 3.63) is 53.5 Å². The van der Waals surface area contributed by atoms with Crippen molar-refractivity contribution in [3.63, 3.8) is 0 Å². The van der Waals surface area contributed by atoms with E-state index in [1.807, 2.05) is 19.9 Å². The van der Waals surface area contributed by atoms with Crippen LogP contribution in [0, 0.1) is 6.92 Å². The summed E-state index contributed by atoms with van der Waals surface area (Å²) in [4.78, 5) is 26.9. The van der Waals surface area contributed by atoms with Crippen LogP contribution in [0.3, 0.4) is 0 Å². The van der Waals surface area contributed by atoms with E-state index < -0.39 is 0 Å². The van der Waals surface area contributed by atoms with Crippen LogP contribution in [0.5, 0.6) is 0 Å². The molecule has 0 radical (unpaired) electrons. The summed E-state index contributed by atoms with van der Waals surface area (Å²) in [6.45, 7) is 5.82. The van der Waals surface area contributed by atoms with Crippen molar-refractivity contribution in [2.24, 2.45) is 0 Å². The zero-order valence-corrected chi connectivity index (χ0v) is 15.2. The van der Waals surface area contributed by atoms with Gasteiger partial charge in [0.1, 0.15) is 0 Å². The van der Waals surface area contributed by atoms with E-state index in [0.717, 1.165) is 25.0 Å². The molecule has 6 nitrogen and oxygen atoms in total. The van der Waals surface area contributed by atoms with Crippen LogP contribution in [0.4, 0.5) is 5.69 Å². The van der Waals surface area contributed by atoms with Crippen molar-refractivity contribution in [1.29, 1.82) is 0 Å². The third-order valence-corrected chi connectivity index (χ3v) is 4.59. The van der Waals surface area contributed by atoms with E-state index in [0.29, 0.717) is 24.3 Å². The molecule has 1 aliphatic rings. The fraction of sp³-hybridized carbons (Fsp3) is 0.400. The van der Waals surface area contributed by atoms with Gasteiger partial charge in [-0.3, -0.25) is 9.59 Å². The molecule has 2 aromatic rings. The van der Waals surface area contributed by atoms with Crippen molar-refractivity contribution in [1.82, 2.24) is 4.90 Å². The summed E-state index contributed by atoms with van der Waals surface area (Å²) in [6.07, 6.45) is 3.60. The number of amides is 2. The first kappa shape index (κ1) is 18.2. The molecule has 1 atom stereocenters. The molecule has 2 heterocycles. The average Bonchev–Trinajstić information content (AvgIpc) is 3.34. The number of carbonyl (C=O) groups excluding carboxylic acids is 2. The summed E-state index contributed by atoms with van der Waals surface area (Å²) >= 11 is 0. The summed E-state index contributed by atoms with van der Waals surface area (Å²) in [5.74, 6) is -0.166. The van der Waals surface area contributed by atoms with Crippen LogP contribution in [0.25, 0.3) is 0 Å². The Morgan fingerprint density at radius 3 is 2.81 bits per heavy atom. The Morgan fingerprint density at radius 2 is 2.15 bits per heavy atom. The largest absolute Gasteiger partial charge is 0.459 e. The average molecular weight is 356 g/mol. The predicted molar refractivity (Wildman–Crippen MR) is 98.4 cm³/mol. The monoisotopic (exact) mass is 356 g/mol. The zero-order valence-electron chi connectivity index (χ0n) is 15.2. The van der Waals surface area contributed by atoms with Gasteiger partial charge in [-0.2, -0.15) is 0 Å². The molecule has 1 aliphatic heterocycles. The van der Waals surface area contributed by atoms with Crippen molar-refractivity contribution < 1.29 is 18.7 Å². The lowest BCUT2D eigenvalue weighted by molar-refractivity contribution is 0.0539. The molecular weight excluding hydrogens is 332 g/mol. The highest BCUT2D eigenvalue weighted by molar-refractivity contribution is 6.03. The van der Waals surface area contributed by atoms with Crippen LogP contribution >= 0.6 is 0 Å². The summed E-state index contributed by atoms with van der Waals surface area (Å²) < 4.78 is 10.8. The maximum atomic E-state index is 12.9. The quantitative estimate of drug-likeness (QED) is 0.860. The number of rotatable bonds is 6. The fourth-order valence-electron chi connectivity index (χ4n) is 3.05. The third kappa shape index (κ3) is 4.14. The maximum Gasteiger partial charge on any atom is 0.291 e. The molecule has 1 saturated heterocycles. The van der Waals surface area contributed by atoms with Gasteiger partial charge in [0, 0.05) is 30.9 Å². The molecule has 0 spiro atoms. The first-order valence-electron chi connectivity index (χ1n) is 8.95. The Morgan fingerprint density at radius 1 is 1.31 bits per heavy atom. The summed E-state index contributed by atoms with van der Waals surface area (Å²) in [5.41, 5.74) is 2.03. The predicted octanol–water partition coefficient (Wildman–Crippen LogP) is 3.48. The van der Waals surface area contributed by atoms with Gasteiger partial charge in [0.15, 0.2) is 5.76 Å². The van der Waals surface area contributed by atoms with E-state index in [4.69, 9.17) is 9.15 Å². The third-order valence-electron chi connectivity index (χ3n) is 4.59. The second-order valence-electron chi connectivity index (χ2n) is 6.44. The lowest BCUT2D eigenvalue weighted by Crippen LogP contribution is -2.37. The topological polar surface area (TPSA) is 71.8 Å². The number of ether oxygens (including phenoxy) is 1. The van der Waals surface area contributed by atoms with Gasteiger partial charge in [-0.25, -0.2) is 0 Å². The van der Waals surface area contributed by atoms with E-state index in [9.17, 15) is 9.59 Å². The van der Waals surface area contributed by atoms with E-state index in [-0.39, 0.29) is 23.7 Å². The molecule has 0 aliphatic carbocycles. The van der Waals surface area contributed by atoms with Gasteiger partial charge < -0.3 is 19.4 Å². The van der Waals surface area contributed by atoms with Crippen LogP contribution in [-0.4, -0.2) is 42.5 Å². The Labute approximate surface area is 153 Å². The van der Waals surface area contributed by atoms with Gasteiger partial charge in [-0.05, 0) is 56.5 Å². The minimum absolute atomic E-state index is 0.0588. The normalized spacial score (nSPS) is 16.5. The molecule has 6 heteroatoms. The van der Waals surface area contributed by atoms with Crippen molar-refractivity contribution in [2.75, 3.05) is 25.0 Å². The molecule has 0 saturated carbocycles. The highest BCUT2D eigenvalue weighted by Crippen LogP contribution is 2.20. The van der Waals surface area contributed by atoms with Crippen LogP contribution in [0.1, 0.15) is 46.2 Å². The Kier molecular flexibility index (Phi) is 5.73. The lowest BCUT2D eigenvalue weighted by Gasteiger charge is -2.24. The number of anilines is 1. The molecule has 0 unspecified atom stereocenters. The second-order valence-corrected chi connectivity index (χ2v) is 6.44.